The quantitative estimate of drug-likeness (QED) is 0.343. The van der Waals surface area contributed by atoms with E-state index in [1.54, 1.807) is 12.3 Å². The lowest BCUT2D eigenvalue weighted by Gasteiger charge is -2.31. The van der Waals surface area contributed by atoms with Crippen LogP contribution in [0.1, 0.15) is 109 Å². The van der Waals surface area contributed by atoms with Crippen molar-refractivity contribution in [3.8, 4) is 0 Å². The minimum Gasteiger partial charge on any atom is -0.381 e. The number of fused-ring (bicyclic) bond motifs is 1. The Morgan fingerprint density at radius 3 is 2.00 bits per heavy atom. The van der Waals surface area contributed by atoms with Crippen LogP contribution in [0.3, 0.4) is 0 Å². The highest BCUT2D eigenvalue weighted by atomic mass is 16.7. The molecule has 222 valence electrons. The van der Waals surface area contributed by atoms with E-state index in [2.05, 4.69) is 33.5 Å². The molecule has 1 aliphatic heterocycles. The molecule has 4 N–H and O–H groups in total. The van der Waals surface area contributed by atoms with Gasteiger partial charge in [-0.25, -0.2) is 14.5 Å². The van der Waals surface area contributed by atoms with Crippen LogP contribution in [-0.2, 0) is 21.0 Å². The average Bonchev–Trinajstić information content (AvgIpc) is 3.65. The third-order valence-electron chi connectivity index (χ3n) is 9.43. The molecule has 6 rings (SSSR count). The van der Waals surface area contributed by atoms with Crippen LogP contribution in [0.25, 0.3) is 16.7 Å². The average molecular weight is 564 g/mol. The monoisotopic (exact) mass is 563 g/mol. The summed E-state index contributed by atoms with van der Waals surface area (Å²) in [6.45, 7) is 2.77. The SMILES string of the molecule is CCn1ncc2c(NC3CCCCC3)c(C3=CC(C(=O)NC4CCCCC4)(C(=O)NC4CCCCC4)ON3)cnc21. The molecule has 0 radical (unpaired) electrons. The second kappa shape index (κ2) is 12.4. The van der Waals surface area contributed by atoms with Gasteiger partial charge in [0.15, 0.2) is 5.65 Å². The molecule has 0 atom stereocenters. The van der Waals surface area contributed by atoms with Crippen molar-refractivity contribution in [3.05, 3.63) is 24.0 Å². The van der Waals surface area contributed by atoms with Crippen LogP contribution in [0.15, 0.2) is 18.5 Å². The highest BCUT2D eigenvalue weighted by Crippen LogP contribution is 2.36. The van der Waals surface area contributed by atoms with Crippen LogP contribution in [-0.4, -0.2) is 50.3 Å². The van der Waals surface area contributed by atoms with Crippen molar-refractivity contribution in [1.82, 2.24) is 30.9 Å². The third-order valence-corrected chi connectivity index (χ3v) is 9.43. The molecule has 10 heteroatoms. The minimum absolute atomic E-state index is 0.0538. The molecule has 2 aromatic rings. The number of hydrogen-bond acceptors (Lipinski definition) is 7. The van der Waals surface area contributed by atoms with E-state index in [9.17, 15) is 9.59 Å². The van der Waals surface area contributed by atoms with Gasteiger partial charge in [0.1, 0.15) is 0 Å². The second-order valence-corrected chi connectivity index (χ2v) is 12.3. The molecule has 41 heavy (non-hydrogen) atoms. The lowest BCUT2D eigenvalue weighted by molar-refractivity contribution is -0.158. The zero-order chi connectivity index (χ0) is 28.2. The number of nitrogens with one attached hydrogen (secondary N) is 4. The largest absolute Gasteiger partial charge is 0.381 e. The number of rotatable bonds is 8. The maximum absolute atomic E-state index is 13.9. The van der Waals surface area contributed by atoms with E-state index < -0.39 is 17.4 Å². The summed E-state index contributed by atoms with van der Waals surface area (Å²) < 4.78 is 1.89. The van der Waals surface area contributed by atoms with Crippen molar-refractivity contribution in [2.75, 3.05) is 5.32 Å². The lowest BCUT2D eigenvalue weighted by Crippen LogP contribution is -2.60. The van der Waals surface area contributed by atoms with E-state index in [0.717, 1.165) is 86.5 Å². The van der Waals surface area contributed by atoms with Crippen molar-refractivity contribution < 1.29 is 14.4 Å². The Balaban J connectivity index is 1.36. The number of aromatic nitrogens is 3. The van der Waals surface area contributed by atoms with Crippen LogP contribution in [0.5, 0.6) is 0 Å². The summed E-state index contributed by atoms with van der Waals surface area (Å²) in [5.41, 5.74) is 4.27. The van der Waals surface area contributed by atoms with Gasteiger partial charge >= 0.3 is 0 Å². The fourth-order valence-corrected chi connectivity index (χ4v) is 7.01. The number of aryl methyl sites for hydroxylation is 1. The van der Waals surface area contributed by atoms with E-state index in [-0.39, 0.29) is 12.1 Å². The number of carbonyl (C=O) groups excluding carboxylic acids is 2. The van der Waals surface area contributed by atoms with E-state index >= 15 is 0 Å². The van der Waals surface area contributed by atoms with Crippen LogP contribution < -0.4 is 21.4 Å². The predicted molar refractivity (Wildman–Crippen MR) is 159 cm³/mol. The van der Waals surface area contributed by atoms with Crippen molar-refractivity contribution in [2.45, 2.75) is 134 Å². The summed E-state index contributed by atoms with van der Waals surface area (Å²) in [5, 5.41) is 15.6. The molecule has 0 unspecified atom stereocenters. The summed E-state index contributed by atoms with van der Waals surface area (Å²) in [6, 6.07) is 0.450. The molecule has 0 saturated heterocycles. The molecule has 10 nitrogen and oxygen atoms in total. The summed E-state index contributed by atoms with van der Waals surface area (Å²) in [6.07, 6.45) is 21.6. The number of hydroxylamine groups is 1. The number of hydrogen-bond donors (Lipinski definition) is 4. The summed E-state index contributed by atoms with van der Waals surface area (Å²) >= 11 is 0. The third kappa shape index (κ3) is 5.80. The highest BCUT2D eigenvalue weighted by Gasteiger charge is 2.51. The summed E-state index contributed by atoms with van der Waals surface area (Å²) in [4.78, 5) is 38.7. The van der Waals surface area contributed by atoms with Crippen molar-refractivity contribution in [3.63, 3.8) is 0 Å². The van der Waals surface area contributed by atoms with Gasteiger partial charge in [-0.2, -0.15) is 5.10 Å². The first-order valence-electron chi connectivity index (χ1n) is 16.0. The Morgan fingerprint density at radius 1 is 0.878 bits per heavy atom. The van der Waals surface area contributed by atoms with Gasteiger partial charge in [0, 0.05) is 36.4 Å². The molecule has 0 bridgehead atoms. The van der Waals surface area contributed by atoms with Crippen molar-refractivity contribution in [1.29, 1.82) is 0 Å². The fraction of sp³-hybridized carbons (Fsp3) is 0.677. The Kier molecular flexibility index (Phi) is 8.46. The highest BCUT2D eigenvalue weighted by molar-refractivity contribution is 6.13. The van der Waals surface area contributed by atoms with Crippen LogP contribution >= 0.6 is 0 Å². The van der Waals surface area contributed by atoms with Gasteiger partial charge < -0.3 is 16.0 Å². The Labute approximate surface area is 242 Å². The second-order valence-electron chi connectivity index (χ2n) is 12.3. The van der Waals surface area contributed by atoms with Gasteiger partial charge in [-0.1, -0.05) is 57.8 Å². The van der Waals surface area contributed by atoms with E-state index in [4.69, 9.17) is 9.82 Å². The topological polar surface area (TPSA) is 122 Å². The minimum atomic E-state index is -1.80. The molecule has 2 aromatic heterocycles. The standard InChI is InChI=1S/C31H45N7O3/c1-2-38-28-25(20-33-38)27(34-21-12-6-3-7-13-21)24(19-32-28)26-18-31(41-37-26,29(39)35-22-14-8-4-9-15-22)30(40)36-23-16-10-5-11-17-23/h18-23,37H,2-17H2,1H3,(H,32,34)(H,35,39)(H,36,40). The molecule has 2 amide bonds. The van der Waals surface area contributed by atoms with Crippen molar-refractivity contribution >= 4 is 34.2 Å². The molecule has 3 heterocycles. The number of nitrogens with zero attached hydrogens (tertiary/aromatic N) is 3. The Hall–Kier alpha value is -3.14. The summed E-state index contributed by atoms with van der Waals surface area (Å²) in [5.74, 6) is -0.815. The predicted octanol–water partition coefficient (Wildman–Crippen LogP) is 4.71. The van der Waals surface area contributed by atoms with E-state index in [0.29, 0.717) is 18.3 Å². The zero-order valence-corrected chi connectivity index (χ0v) is 24.3. The molecule has 0 aromatic carbocycles. The first kappa shape index (κ1) is 28.0. The van der Waals surface area contributed by atoms with Crippen molar-refractivity contribution in [2.24, 2.45) is 0 Å². The first-order valence-corrected chi connectivity index (χ1v) is 16.0. The number of carbonyl (C=O) groups is 2. The fourth-order valence-electron chi connectivity index (χ4n) is 7.01. The van der Waals surface area contributed by atoms with E-state index in [1.807, 2.05) is 10.9 Å². The number of anilines is 1. The number of amides is 2. The van der Waals surface area contributed by atoms with Gasteiger partial charge in [0.2, 0.25) is 0 Å². The number of pyridine rings is 1. The van der Waals surface area contributed by atoms with Crippen LogP contribution in [0.2, 0.25) is 0 Å². The maximum Gasteiger partial charge on any atom is 0.271 e. The van der Waals surface area contributed by atoms with Gasteiger partial charge in [-0.15, -0.1) is 0 Å². The summed E-state index contributed by atoms with van der Waals surface area (Å²) in [7, 11) is 0. The molecular weight excluding hydrogens is 518 g/mol. The molecule has 0 spiro atoms. The normalized spacial score (nSPS) is 22.2. The first-order chi connectivity index (χ1) is 20.1. The zero-order valence-electron chi connectivity index (χ0n) is 24.3. The van der Waals surface area contributed by atoms with Gasteiger partial charge in [0.25, 0.3) is 17.4 Å². The maximum atomic E-state index is 13.9. The smallest absolute Gasteiger partial charge is 0.271 e. The van der Waals surface area contributed by atoms with E-state index in [1.165, 1.54) is 32.1 Å². The van der Waals surface area contributed by atoms with Gasteiger partial charge in [0.05, 0.1) is 23.0 Å². The lowest BCUT2D eigenvalue weighted by atomic mass is 9.91. The molecule has 3 saturated carbocycles. The van der Waals surface area contributed by atoms with Gasteiger partial charge in [-0.3, -0.25) is 15.1 Å². The molecular formula is C31H45N7O3. The Bertz CT molecular complexity index is 1240. The van der Waals surface area contributed by atoms with Gasteiger partial charge in [-0.05, 0) is 51.5 Å². The Morgan fingerprint density at radius 2 is 1.44 bits per heavy atom. The molecule has 4 aliphatic rings. The molecule has 3 fully saturated rings. The van der Waals surface area contributed by atoms with Crippen LogP contribution in [0, 0.1) is 0 Å². The molecule has 3 aliphatic carbocycles. The van der Waals surface area contributed by atoms with Crippen LogP contribution in [0.4, 0.5) is 5.69 Å².